The summed E-state index contributed by atoms with van der Waals surface area (Å²) in [5.41, 5.74) is 7.39. The van der Waals surface area contributed by atoms with Crippen LogP contribution in [-0.2, 0) is 22.5 Å². The largest absolute Gasteiger partial charge is 0.493 e. The number of primary amides is 1. The molecule has 2 aromatic rings. The van der Waals surface area contributed by atoms with Crippen LogP contribution in [0.4, 0.5) is 9.80 Å². The van der Waals surface area contributed by atoms with Crippen LogP contribution in [0.3, 0.4) is 0 Å². The van der Waals surface area contributed by atoms with E-state index in [1.165, 1.54) is 24.5 Å². The van der Waals surface area contributed by atoms with Crippen molar-refractivity contribution in [3.05, 3.63) is 45.8 Å². The predicted octanol–water partition coefficient (Wildman–Crippen LogP) is 3.03. The van der Waals surface area contributed by atoms with Gasteiger partial charge in [0, 0.05) is 17.5 Å². The van der Waals surface area contributed by atoms with Crippen molar-refractivity contribution >= 4 is 40.3 Å². The van der Waals surface area contributed by atoms with Crippen molar-refractivity contribution in [3.63, 3.8) is 0 Å². The molecule has 3 N–H and O–H groups in total. The van der Waals surface area contributed by atoms with Gasteiger partial charge >= 0.3 is 6.09 Å². The van der Waals surface area contributed by atoms with E-state index in [9.17, 15) is 14.4 Å². The number of thiophene rings is 1. The average Bonchev–Trinajstić information content (AvgIpc) is 3.14. The van der Waals surface area contributed by atoms with Gasteiger partial charge in [0.15, 0.2) is 11.5 Å². The highest BCUT2D eigenvalue weighted by Crippen LogP contribution is 2.37. The lowest BCUT2D eigenvalue weighted by atomic mass is 10.0. The minimum atomic E-state index is -0.619. The van der Waals surface area contributed by atoms with E-state index in [2.05, 4.69) is 5.32 Å². The highest BCUT2D eigenvalue weighted by atomic mass is 32.1. The maximum Gasteiger partial charge on any atom is 0.410 e. The summed E-state index contributed by atoms with van der Waals surface area (Å²) in [5.74, 6) is 0.0961. The first-order chi connectivity index (χ1) is 15.4. The van der Waals surface area contributed by atoms with Crippen molar-refractivity contribution < 1.29 is 28.6 Å². The molecule has 9 nitrogen and oxygen atoms in total. The number of fused-ring (bicyclic) bond motifs is 1. The Labute approximate surface area is 189 Å². The second kappa shape index (κ2) is 10.2. The fourth-order valence-electron chi connectivity index (χ4n) is 3.40. The SMILES string of the molecule is CCOC(=O)N1CCc2c(sc(NC(=O)/C=C/c3ccc(OC)c(OC)c3)c2C(N)=O)C1. The average molecular weight is 460 g/mol. The summed E-state index contributed by atoms with van der Waals surface area (Å²) in [7, 11) is 3.08. The fraction of sp³-hybridized carbons (Fsp3) is 0.318. The first-order valence-electron chi connectivity index (χ1n) is 9.95. The number of hydrogen-bond donors (Lipinski definition) is 2. The molecule has 1 aliphatic heterocycles. The van der Waals surface area contributed by atoms with Gasteiger partial charge in [-0.1, -0.05) is 6.07 Å². The molecule has 32 heavy (non-hydrogen) atoms. The topological polar surface area (TPSA) is 120 Å². The molecular formula is C22H25N3O6S. The van der Waals surface area contributed by atoms with E-state index in [1.807, 2.05) is 0 Å². The molecule has 3 rings (SSSR count). The minimum absolute atomic E-state index is 0.285. The van der Waals surface area contributed by atoms with Crippen LogP contribution in [0.1, 0.15) is 33.3 Å². The van der Waals surface area contributed by atoms with Gasteiger partial charge in [0.05, 0.1) is 32.9 Å². The Hall–Kier alpha value is -3.53. The zero-order valence-electron chi connectivity index (χ0n) is 18.1. The Morgan fingerprint density at radius 2 is 1.97 bits per heavy atom. The maximum absolute atomic E-state index is 12.5. The highest BCUT2D eigenvalue weighted by molar-refractivity contribution is 7.17. The molecule has 1 aromatic carbocycles. The van der Waals surface area contributed by atoms with Crippen LogP contribution in [0.5, 0.6) is 11.5 Å². The van der Waals surface area contributed by atoms with E-state index >= 15 is 0 Å². The standard InChI is InChI=1S/C22H25N3O6S/c1-4-31-22(28)25-10-9-14-17(12-25)32-21(19(14)20(23)27)24-18(26)8-6-13-5-7-15(29-2)16(11-13)30-3/h5-8,11H,4,9-10,12H2,1-3H3,(H2,23,27)(H,24,26)/b8-6+. The monoisotopic (exact) mass is 459 g/mol. The molecule has 0 bridgehead atoms. The van der Waals surface area contributed by atoms with Crippen LogP contribution < -0.4 is 20.5 Å². The number of methoxy groups -OCH3 is 2. The van der Waals surface area contributed by atoms with E-state index in [0.717, 1.165) is 16.0 Å². The van der Waals surface area contributed by atoms with E-state index in [1.54, 1.807) is 43.2 Å². The van der Waals surface area contributed by atoms with Crippen LogP contribution in [0.2, 0.25) is 0 Å². The van der Waals surface area contributed by atoms with E-state index in [-0.39, 0.29) is 6.61 Å². The van der Waals surface area contributed by atoms with Crippen molar-refractivity contribution in [1.82, 2.24) is 4.90 Å². The van der Waals surface area contributed by atoms with Gasteiger partial charge in [0.1, 0.15) is 5.00 Å². The number of nitrogens with zero attached hydrogens (tertiary/aromatic N) is 1. The number of anilines is 1. The van der Waals surface area contributed by atoms with Gasteiger partial charge in [0.25, 0.3) is 5.91 Å². The molecule has 3 amide bonds. The van der Waals surface area contributed by atoms with Crippen LogP contribution in [0.15, 0.2) is 24.3 Å². The molecule has 1 aromatic heterocycles. The lowest BCUT2D eigenvalue weighted by molar-refractivity contribution is -0.111. The van der Waals surface area contributed by atoms with Gasteiger partial charge in [-0.15, -0.1) is 11.3 Å². The van der Waals surface area contributed by atoms with Crippen molar-refractivity contribution in [2.75, 3.05) is 32.7 Å². The second-order valence-corrected chi connectivity index (χ2v) is 7.98. The molecule has 0 atom stereocenters. The first-order valence-corrected chi connectivity index (χ1v) is 10.8. The summed E-state index contributed by atoms with van der Waals surface area (Å²) in [4.78, 5) is 39.0. The van der Waals surface area contributed by atoms with E-state index in [0.29, 0.717) is 41.6 Å². The number of nitrogens with one attached hydrogen (secondary N) is 1. The lowest BCUT2D eigenvalue weighted by Crippen LogP contribution is -2.36. The van der Waals surface area contributed by atoms with Crippen molar-refractivity contribution in [3.8, 4) is 11.5 Å². The van der Waals surface area contributed by atoms with Gasteiger partial charge in [-0.3, -0.25) is 9.59 Å². The molecule has 0 saturated carbocycles. The Morgan fingerprint density at radius 3 is 2.62 bits per heavy atom. The molecule has 0 saturated heterocycles. The zero-order chi connectivity index (χ0) is 23.3. The molecule has 10 heteroatoms. The number of amides is 3. The van der Waals surface area contributed by atoms with Crippen LogP contribution in [0, 0.1) is 0 Å². The summed E-state index contributed by atoms with van der Waals surface area (Å²) >= 11 is 1.24. The minimum Gasteiger partial charge on any atom is -0.493 e. The van der Waals surface area contributed by atoms with Gasteiger partial charge in [-0.2, -0.15) is 0 Å². The molecule has 0 unspecified atom stereocenters. The predicted molar refractivity (Wildman–Crippen MR) is 121 cm³/mol. The van der Waals surface area contributed by atoms with Crippen LogP contribution in [0.25, 0.3) is 6.08 Å². The summed E-state index contributed by atoms with van der Waals surface area (Å²) < 4.78 is 15.5. The van der Waals surface area contributed by atoms with E-state index < -0.39 is 17.9 Å². The third-order valence-corrected chi connectivity index (χ3v) is 6.03. The summed E-state index contributed by atoms with van der Waals surface area (Å²) in [6.45, 7) is 2.74. The number of ether oxygens (including phenoxy) is 3. The third-order valence-electron chi connectivity index (χ3n) is 4.90. The number of rotatable bonds is 7. The molecule has 0 fully saturated rings. The van der Waals surface area contributed by atoms with Gasteiger partial charge in [0.2, 0.25) is 5.91 Å². The molecule has 0 spiro atoms. The highest BCUT2D eigenvalue weighted by Gasteiger charge is 2.29. The Kier molecular flexibility index (Phi) is 7.37. The molecular weight excluding hydrogens is 434 g/mol. The molecule has 170 valence electrons. The Bertz CT molecular complexity index is 1060. The lowest BCUT2D eigenvalue weighted by Gasteiger charge is -2.26. The van der Waals surface area contributed by atoms with Gasteiger partial charge < -0.3 is 30.2 Å². The molecule has 1 aliphatic rings. The van der Waals surface area contributed by atoms with Crippen LogP contribution in [-0.4, -0.2) is 50.2 Å². The molecule has 2 heterocycles. The normalized spacial score (nSPS) is 12.9. The number of carbonyl (C=O) groups is 3. The Morgan fingerprint density at radius 1 is 1.22 bits per heavy atom. The quantitative estimate of drug-likeness (QED) is 0.614. The molecule has 0 radical (unpaired) electrons. The van der Waals surface area contributed by atoms with Crippen LogP contribution >= 0.6 is 11.3 Å². The first kappa shape index (κ1) is 23.1. The fourth-order valence-corrected chi connectivity index (χ4v) is 4.68. The number of hydrogen-bond acceptors (Lipinski definition) is 7. The zero-order valence-corrected chi connectivity index (χ0v) is 18.9. The Balaban J connectivity index is 1.77. The third kappa shape index (κ3) is 5.02. The van der Waals surface area contributed by atoms with Crippen molar-refractivity contribution in [2.24, 2.45) is 5.73 Å². The number of carbonyl (C=O) groups excluding carboxylic acids is 3. The molecule has 0 aliphatic carbocycles. The smallest absolute Gasteiger partial charge is 0.410 e. The second-order valence-electron chi connectivity index (χ2n) is 6.88. The number of nitrogens with two attached hydrogens (primary N) is 1. The number of benzene rings is 1. The summed E-state index contributed by atoms with van der Waals surface area (Å²) in [6.07, 6.45) is 3.03. The summed E-state index contributed by atoms with van der Waals surface area (Å²) in [5, 5.41) is 3.11. The van der Waals surface area contributed by atoms with Gasteiger partial charge in [-0.05, 0) is 42.7 Å². The van der Waals surface area contributed by atoms with Crippen molar-refractivity contribution in [1.29, 1.82) is 0 Å². The van der Waals surface area contributed by atoms with Gasteiger partial charge in [-0.25, -0.2) is 4.79 Å². The van der Waals surface area contributed by atoms with Crippen molar-refractivity contribution in [2.45, 2.75) is 19.9 Å². The van der Waals surface area contributed by atoms with E-state index in [4.69, 9.17) is 19.9 Å². The summed E-state index contributed by atoms with van der Waals surface area (Å²) in [6, 6.07) is 5.27. The maximum atomic E-state index is 12.5.